The number of anilines is 1. The third kappa shape index (κ3) is 3.52. The zero-order valence-electron chi connectivity index (χ0n) is 18.5. The summed E-state index contributed by atoms with van der Waals surface area (Å²) in [5, 5.41) is 12.7. The molecule has 0 saturated heterocycles. The molecule has 2 aromatic heterocycles. The largest absolute Gasteiger partial charge is 0.367 e. The van der Waals surface area contributed by atoms with Gasteiger partial charge in [0, 0.05) is 11.4 Å². The lowest BCUT2D eigenvalue weighted by Gasteiger charge is -2.27. The topological polar surface area (TPSA) is 89.2 Å². The van der Waals surface area contributed by atoms with Crippen LogP contribution in [0.1, 0.15) is 43.7 Å². The summed E-state index contributed by atoms with van der Waals surface area (Å²) in [6.45, 7) is 5.96. The summed E-state index contributed by atoms with van der Waals surface area (Å²) < 4.78 is 28.7. The van der Waals surface area contributed by atoms with Crippen molar-refractivity contribution in [2.45, 2.75) is 62.4 Å². The van der Waals surface area contributed by atoms with Crippen molar-refractivity contribution in [1.82, 2.24) is 19.8 Å². The molecule has 0 unspecified atom stereocenters. The Bertz CT molecular complexity index is 1420. The predicted molar refractivity (Wildman–Crippen MR) is 125 cm³/mol. The molecule has 4 aromatic rings. The molecule has 1 aliphatic rings. The Morgan fingerprint density at radius 1 is 1.03 bits per heavy atom. The quantitative estimate of drug-likeness (QED) is 0.485. The zero-order valence-corrected chi connectivity index (χ0v) is 19.4. The molecule has 0 atom stereocenters. The smallest absolute Gasteiger partial charge is 0.229 e. The molecule has 5 rings (SSSR count). The number of rotatable bonds is 4. The van der Waals surface area contributed by atoms with Gasteiger partial charge in [0.25, 0.3) is 0 Å². The van der Waals surface area contributed by atoms with E-state index in [1.165, 1.54) is 17.4 Å². The van der Waals surface area contributed by atoms with Crippen molar-refractivity contribution in [2.75, 3.05) is 5.32 Å². The number of nitrogens with zero attached hydrogens (tertiary/aromatic N) is 4. The van der Waals surface area contributed by atoms with Gasteiger partial charge < -0.3 is 5.32 Å². The Morgan fingerprint density at radius 3 is 2.56 bits per heavy atom. The highest BCUT2D eigenvalue weighted by Crippen LogP contribution is 2.32. The number of para-hydroxylation sites is 1. The fourth-order valence-corrected chi connectivity index (χ4v) is 6.09. The lowest BCUT2D eigenvalue weighted by Crippen LogP contribution is -2.26. The second-order valence-corrected chi connectivity index (χ2v) is 10.8. The maximum atomic E-state index is 13.6. The number of benzene rings is 2. The monoisotopic (exact) mass is 449 g/mol. The van der Waals surface area contributed by atoms with Gasteiger partial charge in [0.15, 0.2) is 5.65 Å². The molecule has 2 aromatic carbocycles. The maximum Gasteiger partial charge on any atom is 0.229 e. The first-order chi connectivity index (χ1) is 15.3. The molecule has 7 nitrogen and oxygen atoms in total. The standard InChI is InChI=1S/C24H27N5O2S/c1-15-9-12-18(13-10-15)25-22-19-6-4-5-7-20(19)29-23(26-22)24(27-28-29)32(30,31)21-14-16(2)8-11-17(21)3/h4-8,11,14-15,18H,9-10,12-13H2,1-3H3,(H,25,26). The number of hydrogen-bond acceptors (Lipinski definition) is 6. The highest BCUT2D eigenvalue weighted by Gasteiger charge is 2.29. The molecule has 32 heavy (non-hydrogen) atoms. The van der Waals surface area contributed by atoms with Gasteiger partial charge in [-0.15, -0.1) is 5.10 Å². The molecule has 1 N–H and O–H groups in total. The highest BCUT2D eigenvalue weighted by molar-refractivity contribution is 7.91. The number of aromatic nitrogens is 4. The van der Waals surface area contributed by atoms with E-state index in [0.29, 0.717) is 17.4 Å². The minimum absolute atomic E-state index is 0.114. The first-order valence-corrected chi connectivity index (χ1v) is 12.6. The molecule has 0 spiro atoms. The first kappa shape index (κ1) is 20.9. The fourth-order valence-electron chi connectivity index (χ4n) is 4.53. The summed E-state index contributed by atoms with van der Waals surface area (Å²) in [7, 11) is -3.89. The van der Waals surface area contributed by atoms with Gasteiger partial charge in [-0.1, -0.05) is 36.4 Å². The second-order valence-electron chi connectivity index (χ2n) is 8.98. The van der Waals surface area contributed by atoms with Crippen molar-refractivity contribution < 1.29 is 8.42 Å². The van der Waals surface area contributed by atoms with Gasteiger partial charge >= 0.3 is 0 Å². The number of aryl methyl sites for hydroxylation is 2. The Kier molecular flexibility index (Phi) is 5.12. The SMILES string of the molecule is Cc1ccc(C)c(S(=O)(=O)c2nnn3c2nc(NC2CCC(C)CC2)c2ccccc23)c1. The van der Waals surface area contributed by atoms with Crippen LogP contribution in [-0.4, -0.2) is 34.3 Å². The minimum Gasteiger partial charge on any atom is -0.367 e. The average Bonchev–Trinajstić information content (AvgIpc) is 3.22. The molecule has 2 heterocycles. The Hall–Kier alpha value is -3.00. The molecule has 0 radical (unpaired) electrons. The van der Waals surface area contributed by atoms with Crippen LogP contribution in [0.3, 0.4) is 0 Å². The van der Waals surface area contributed by atoms with E-state index in [2.05, 4.69) is 22.6 Å². The number of hydrogen-bond donors (Lipinski definition) is 1. The summed E-state index contributed by atoms with van der Waals surface area (Å²) in [6.07, 6.45) is 4.51. The van der Waals surface area contributed by atoms with Gasteiger partial charge in [-0.05, 0) is 74.8 Å². The van der Waals surface area contributed by atoms with Crippen LogP contribution in [0.4, 0.5) is 5.82 Å². The Balaban J connectivity index is 1.68. The molecular weight excluding hydrogens is 422 g/mol. The van der Waals surface area contributed by atoms with E-state index < -0.39 is 9.84 Å². The van der Waals surface area contributed by atoms with Crippen molar-refractivity contribution >= 4 is 32.2 Å². The van der Waals surface area contributed by atoms with Crippen molar-refractivity contribution in [3.8, 4) is 0 Å². The van der Waals surface area contributed by atoms with E-state index in [-0.39, 0.29) is 15.6 Å². The Labute approximate surface area is 187 Å². The third-order valence-electron chi connectivity index (χ3n) is 6.47. The van der Waals surface area contributed by atoms with E-state index in [9.17, 15) is 8.42 Å². The molecule has 1 fully saturated rings. The summed E-state index contributed by atoms with van der Waals surface area (Å²) in [6, 6.07) is 13.5. The Morgan fingerprint density at radius 2 is 1.78 bits per heavy atom. The lowest BCUT2D eigenvalue weighted by molar-refractivity contribution is 0.361. The third-order valence-corrected chi connectivity index (χ3v) is 8.26. The van der Waals surface area contributed by atoms with Crippen LogP contribution in [0.15, 0.2) is 52.4 Å². The summed E-state index contributed by atoms with van der Waals surface area (Å²) in [4.78, 5) is 5.01. The molecule has 0 amide bonds. The molecular formula is C24H27N5O2S. The zero-order chi connectivity index (χ0) is 22.5. The molecule has 0 aliphatic heterocycles. The molecule has 8 heteroatoms. The molecule has 0 bridgehead atoms. The van der Waals surface area contributed by atoms with Gasteiger partial charge in [0.2, 0.25) is 14.9 Å². The normalized spacial score (nSPS) is 19.5. The predicted octanol–water partition coefficient (Wildman–Crippen LogP) is 4.72. The van der Waals surface area contributed by atoms with Crippen LogP contribution < -0.4 is 5.32 Å². The van der Waals surface area contributed by atoms with E-state index in [1.54, 1.807) is 13.0 Å². The molecule has 166 valence electrons. The minimum atomic E-state index is -3.89. The van der Waals surface area contributed by atoms with Crippen LogP contribution in [0.2, 0.25) is 0 Å². The van der Waals surface area contributed by atoms with Gasteiger partial charge in [-0.25, -0.2) is 13.4 Å². The summed E-state index contributed by atoms with van der Waals surface area (Å²) in [5.41, 5.74) is 2.57. The van der Waals surface area contributed by atoms with Crippen molar-refractivity contribution in [3.63, 3.8) is 0 Å². The average molecular weight is 450 g/mol. The lowest BCUT2D eigenvalue weighted by atomic mass is 9.87. The van der Waals surface area contributed by atoms with E-state index in [4.69, 9.17) is 4.98 Å². The fraction of sp³-hybridized carbons (Fsp3) is 0.375. The van der Waals surface area contributed by atoms with E-state index >= 15 is 0 Å². The van der Waals surface area contributed by atoms with E-state index in [0.717, 1.165) is 35.2 Å². The summed E-state index contributed by atoms with van der Waals surface area (Å²) >= 11 is 0. The van der Waals surface area contributed by atoms with Gasteiger partial charge in [-0.2, -0.15) is 4.52 Å². The van der Waals surface area contributed by atoms with Crippen LogP contribution in [0, 0.1) is 19.8 Å². The van der Waals surface area contributed by atoms with Crippen molar-refractivity contribution in [3.05, 3.63) is 53.6 Å². The van der Waals surface area contributed by atoms with Crippen LogP contribution in [-0.2, 0) is 9.84 Å². The second kappa shape index (κ2) is 7.85. The maximum absolute atomic E-state index is 13.6. The van der Waals surface area contributed by atoms with Crippen molar-refractivity contribution in [1.29, 1.82) is 0 Å². The van der Waals surface area contributed by atoms with E-state index in [1.807, 2.05) is 43.3 Å². The molecule has 1 aliphatic carbocycles. The first-order valence-electron chi connectivity index (χ1n) is 11.1. The van der Waals surface area contributed by atoms with Crippen LogP contribution in [0.25, 0.3) is 16.6 Å². The van der Waals surface area contributed by atoms with Gasteiger partial charge in [-0.3, -0.25) is 0 Å². The van der Waals surface area contributed by atoms with Crippen LogP contribution in [0.5, 0.6) is 0 Å². The van der Waals surface area contributed by atoms with Crippen molar-refractivity contribution in [2.24, 2.45) is 5.92 Å². The number of sulfone groups is 1. The molecule has 1 saturated carbocycles. The van der Waals surface area contributed by atoms with Gasteiger partial charge in [0.1, 0.15) is 5.82 Å². The van der Waals surface area contributed by atoms with Crippen LogP contribution >= 0.6 is 0 Å². The highest BCUT2D eigenvalue weighted by atomic mass is 32.2. The summed E-state index contributed by atoms with van der Waals surface area (Å²) in [5.74, 6) is 1.43. The van der Waals surface area contributed by atoms with Gasteiger partial charge in [0.05, 0.1) is 10.4 Å². The number of fused-ring (bicyclic) bond motifs is 3. The number of nitrogens with one attached hydrogen (secondary N) is 1.